The van der Waals surface area contributed by atoms with Crippen LogP contribution in [-0.4, -0.2) is 38.3 Å². The summed E-state index contributed by atoms with van der Waals surface area (Å²) in [7, 11) is 0. The molecule has 0 amide bonds. The Hall–Kier alpha value is -2.08. The molecule has 0 aliphatic carbocycles. The van der Waals surface area contributed by atoms with Crippen LogP contribution in [0.5, 0.6) is 0 Å². The first-order chi connectivity index (χ1) is 11.3. The van der Waals surface area contributed by atoms with Crippen molar-refractivity contribution in [2.24, 2.45) is 0 Å². The van der Waals surface area contributed by atoms with E-state index in [1.54, 1.807) is 0 Å². The lowest BCUT2D eigenvalue weighted by Gasteiger charge is -2.48. The molecule has 4 rings (SSSR count). The van der Waals surface area contributed by atoms with E-state index >= 15 is 0 Å². The second-order valence-electron chi connectivity index (χ2n) is 7.54. The zero-order valence-corrected chi connectivity index (χ0v) is 14.9. The van der Waals surface area contributed by atoms with Gasteiger partial charge in [-0.15, -0.1) is 0 Å². The molecule has 0 bridgehead atoms. The van der Waals surface area contributed by atoms with Gasteiger partial charge in [0.25, 0.3) is 0 Å². The maximum atomic E-state index is 12.6. The lowest BCUT2D eigenvalue weighted by Crippen LogP contribution is -2.66. The molecule has 1 aromatic carbocycles. The Labute approximate surface area is 146 Å². The number of aromatic amines is 1. The van der Waals surface area contributed by atoms with Crippen LogP contribution in [0.4, 0.5) is 0 Å². The first-order valence-corrected chi connectivity index (χ1v) is 8.59. The average Bonchev–Trinajstić information content (AvgIpc) is 2.97. The number of nitrogens with one attached hydrogen (secondary N) is 2. The van der Waals surface area contributed by atoms with Crippen molar-refractivity contribution in [1.29, 1.82) is 0 Å². The van der Waals surface area contributed by atoms with Crippen LogP contribution in [0.15, 0.2) is 30.5 Å². The molecule has 0 saturated carbocycles. The van der Waals surface area contributed by atoms with Gasteiger partial charge in [0.15, 0.2) is 10.8 Å². The molecule has 2 aliphatic heterocycles. The van der Waals surface area contributed by atoms with Gasteiger partial charge in [-0.2, -0.15) is 0 Å². The molecule has 0 spiro atoms. The van der Waals surface area contributed by atoms with E-state index in [2.05, 4.69) is 30.2 Å². The van der Waals surface area contributed by atoms with Crippen LogP contribution >= 0.6 is 12.2 Å². The van der Waals surface area contributed by atoms with Gasteiger partial charge in [-0.25, -0.2) is 4.79 Å². The van der Waals surface area contributed by atoms with Crippen molar-refractivity contribution < 1.29 is 9.53 Å². The minimum absolute atomic E-state index is 0.196. The predicted molar refractivity (Wildman–Crippen MR) is 96.6 cm³/mol. The third-order valence-corrected chi connectivity index (χ3v) is 5.23. The number of carbonyl (C=O) groups is 1. The number of rotatable bonds is 2. The summed E-state index contributed by atoms with van der Waals surface area (Å²) in [6, 6.07) is 7.70. The SMILES string of the molecule is CC1(C)C[C@@]2(C)OC(=O)[C@H](Cc3c[nH]c4ccccc34)N2C(=S)N1. The van der Waals surface area contributed by atoms with Crippen molar-refractivity contribution in [3.05, 3.63) is 36.0 Å². The zero-order valence-electron chi connectivity index (χ0n) is 14.1. The fraction of sp³-hybridized carbons (Fsp3) is 0.444. The molecule has 0 unspecified atom stereocenters. The topological polar surface area (TPSA) is 57.4 Å². The summed E-state index contributed by atoms with van der Waals surface area (Å²) in [4.78, 5) is 17.8. The number of esters is 1. The number of hydrogen-bond donors (Lipinski definition) is 2. The fourth-order valence-corrected chi connectivity index (χ4v) is 4.74. The molecule has 2 aromatic rings. The summed E-state index contributed by atoms with van der Waals surface area (Å²) in [5.74, 6) is -0.204. The molecule has 24 heavy (non-hydrogen) atoms. The second-order valence-corrected chi connectivity index (χ2v) is 7.92. The van der Waals surface area contributed by atoms with Crippen molar-refractivity contribution >= 4 is 34.2 Å². The van der Waals surface area contributed by atoms with Gasteiger partial charge in [0.05, 0.1) is 0 Å². The number of H-pyrrole nitrogens is 1. The van der Waals surface area contributed by atoms with Gasteiger partial charge in [0.1, 0.15) is 6.04 Å². The van der Waals surface area contributed by atoms with Gasteiger partial charge in [0, 0.05) is 35.5 Å². The molecule has 126 valence electrons. The summed E-state index contributed by atoms with van der Waals surface area (Å²) in [6.45, 7) is 6.10. The summed E-state index contributed by atoms with van der Waals surface area (Å²) >= 11 is 5.56. The number of nitrogens with zero attached hydrogens (tertiary/aromatic N) is 1. The van der Waals surface area contributed by atoms with Crippen molar-refractivity contribution in [3.8, 4) is 0 Å². The fourth-order valence-electron chi connectivity index (χ4n) is 4.14. The van der Waals surface area contributed by atoms with Crippen LogP contribution in [0.25, 0.3) is 10.9 Å². The van der Waals surface area contributed by atoms with Crippen LogP contribution in [0, 0.1) is 0 Å². The standard InChI is InChI=1S/C18H21N3O2S/c1-17(2)10-18(3)21(16(24)20-17)14(15(22)23-18)8-11-9-19-13-7-5-4-6-12(11)13/h4-7,9,14,19H,8,10H2,1-3H3,(H,20,24)/t14-,18+/m0/s1. The maximum absolute atomic E-state index is 12.6. The molecular weight excluding hydrogens is 322 g/mol. The van der Waals surface area contributed by atoms with Gasteiger partial charge in [-0.3, -0.25) is 4.90 Å². The summed E-state index contributed by atoms with van der Waals surface area (Å²) in [5, 5.41) is 5.06. The monoisotopic (exact) mass is 343 g/mol. The number of thiocarbonyl (C=S) groups is 1. The highest BCUT2D eigenvalue weighted by molar-refractivity contribution is 7.80. The molecule has 2 atom stereocenters. The summed E-state index contributed by atoms with van der Waals surface area (Å²) in [6.07, 6.45) is 3.23. The molecule has 5 nitrogen and oxygen atoms in total. The van der Waals surface area contributed by atoms with Crippen molar-refractivity contribution in [2.75, 3.05) is 0 Å². The van der Waals surface area contributed by atoms with Gasteiger partial charge < -0.3 is 15.0 Å². The average molecular weight is 343 g/mol. The van der Waals surface area contributed by atoms with Gasteiger partial charge in [-0.1, -0.05) is 18.2 Å². The number of ether oxygens (including phenoxy) is 1. The Bertz CT molecular complexity index is 844. The second kappa shape index (κ2) is 4.96. The van der Waals surface area contributed by atoms with E-state index in [1.165, 1.54) is 0 Å². The Morgan fingerprint density at radius 1 is 1.33 bits per heavy atom. The van der Waals surface area contributed by atoms with E-state index in [-0.39, 0.29) is 11.5 Å². The molecule has 2 N–H and O–H groups in total. The lowest BCUT2D eigenvalue weighted by molar-refractivity contribution is -0.153. The van der Waals surface area contributed by atoms with Crippen LogP contribution in [0.2, 0.25) is 0 Å². The van der Waals surface area contributed by atoms with E-state index in [9.17, 15) is 4.79 Å². The number of fused-ring (bicyclic) bond motifs is 2. The zero-order chi connectivity index (χ0) is 17.1. The molecule has 2 saturated heterocycles. The number of hydrogen-bond acceptors (Lipinski definition) is 3. The predicted octanol–water partition coefficient (Wildman–Crippen LogP) is 2.71. The highest BCUT2D eigenvalue weighted by Crippen LogP contribution is 2.40. The van der Waals surface area contributed by atoms with E-state index in [4.69, 9.17) is 17.0 Å². The van der Waals surface area contributed by atoms with Crippen molar-refractivity contribution in [1.82, 2.24) is 15.2 Å². The first kappa shape index (κ1) is 15.4. The number of para-hydroxylation sites is 1. The number of benzene rings is 1. The molecule has 1 aromatic heterocycles. The van der Waals surface area contributed by atoms with Crippen LogP contribution in [0.3, 0.4) is 0 Å². The number of aromatic nitrogens is 1. The maximum Gasteiger partial charge on any atom is 0.331 e. The van der Waals surface area contributed by atoms with E-state index in [1.807, 2.05) is 36.2 Å². The van der Waals surface area contributed by atoms with Crippen LogP contribution in [0.1, 0.15) is 32.8 Å². The smallest absolute Gasteiger partial charge is 0.331 e. The van der Waals surface area contributed by atoms with E-state index < -0.39 is 11.8 Å². The first-order valence-electron chi connectivity index (χ1n) is 8.18. The molecule has 3 heterocycles. The highest BCUT2D eigenvalue weighted by atomic mass is 32.1. The van der Waals surface area contributed by atoms with Crippen LogP contribution in [-0.2, 0) is 16.0 Å². The minimum atomic E-state index is -0.681. The molecule has 6 heteroatoms. The molecule has 0 radical (unpaired) electrons. The Morgan fingerprint density at radius 3 is 2.88 bits per heavy atom. The largest absolute Gasteiger partial charge is 0.437 e. The summed E-state index contributed by atoms with van der Waals surface area (Å²) < 4.78 is 5.78. The Balaban J connectivity index is 1.69. The summed E-state index contributed by atoms with van der Waals surface area (Å²) in [5.41, 5.74) is 1.30. The number of carbonyl (C=O) groups excluding carboxylic acids is 1. The molecule has 2 fully saturated rings. The van der Waals surface area contributed by atoms with E-state index in [0.29, 0.717) is 18.0 Å². The third kappa shape index (κ3) is 2.28. The highest BCUT2D eigenvalue weighted by Gasteiger charge is 2.56. The lowest BCUT2D eigenvalue weighted by atomic mass is 9.89. The van der Waals surface area contributed by atoms with Gasteiger partial charge in [-0.05, 0) is 44.6 Å². The Kier molecular flexibility index (Phi) is 3.19. The normalized spacial score (nSPS) is 28.6. The minimum Gasteiger partial charge on any atom is -0.437 e. The quantitative estimate of drug-likeness (QED) is 0.649. The molecule has 2 aliphatic rings. The van der Waals surface area contributed by atoms with Crippen molar-refractivity contribution in [2.45, 2.75) is 50.9 Å². The van der Waals surface area contributed by atoms with E-state index in [0.717, 1.165) is 16.5 Å². The van der Waals surface area contributed by atoms with Gasteiger partial charge in [0.2, 0.25) is 0 Å². The van der Waals surface area contributed by atoms with Gasteiger partial charge >= 0.3 is 5.97 Å². The Morgan fingerprint density at radius 2 is 2.08 bits per heavy atom. The third-order valence-electron chi connectivity index (χ3n) is 4.94. The van der Waals surface area contributed by atoms with Crippen molar-refractivity contribution in [3.63, 3.8) is 0 Å². The van der Waals surface area contributed by atoms with Crippen LogP contribution < -0.4 is 5.32 Å². The molecular formula is C18H21N3O2S.